The van der Waals surface area contributed by atoms with Crippen molar-refractivity contribution in [2.75, 3.05) is 0 Å². The fourth-order valence-electron chi connectivity index (χ4n) is 11.1. The maximum atomic E-state index is 5.21. The van der Waals surface area contributed by atoms with Gasteiger partial charge in [0.1, 0.15) is 0 Å². The second-order valence-electron chi connectivity index (χ2n) is 24.5. The van der Waals surface area contributed by atoms with E-state index in [4.69, 9.17) is 32.1 Å². The fourth-order valence-corrected chi connectivity index (χ4v) is 77.6. The van der Waals surface area contributed by atoms with Crippen molar-refractivity contribution in [3.63, 3.8) is 0 Å². The second-order valence-corrected chi connectivity index (χ2v) is 64.4. The van der Waals surface area contributed by atoms with Crippen LogP contribution in [0.4, 0.5) is 0 Å². The summed E-state index contributed by atoms with van der Waals surface area (Å²) in [5.41, 5.74) is 37.3. The summed E-state index contributed by atoms with van der Waals surface area (Å²) in [7, 11) is -16.8. The lowest BCUT2D eigenvalue weighted by Crippen LogP contribution is -2.89. The zero-order valence-corrected chi connectivity index (χ0v) is 67.3. The molecule has 3 saturated heterocycles. The molecule has 3 heterocycles. The van der Waals surface area contributed by atoms with Crippen molar-refractivity contribution < 1.29 is 0 Å². The molecule has 0 radical (unpaired) electrons. The van der Waals surface area contributed by atoms with E-state index in [1.165, 1.54) is 17.0 Å². The quantitative estimate of drug-likeness (QED) is 0.0495. The van der Waals surface area contributed by atoms with Crippen LogP contribution in [0.5, 0.6) is 0 Å². The van der Waals surface area contributed by atoms with Crippen LogP contribution in [0, 0.1) is 85.4 Å². The highest BCUT2D eigenvalue weighted by Crippen LogP contribution is 2.37. The van der Waals surface area contributed by atoms with Gasteiger partial charge in [0.15, 0.2) is 0 Å². The smallest absolute Gasteiger partial charge is 0.212 e. The highest BCUT2D eigenvalue weighted by atomic mass is 28.5. The van der Waals surface area contributed by atoms with Crippen LogP contribution in [-0.2, 0) is 0 Å². The van der Waals surface area contributed by atoms with Crippen molar-refractivity contribution in [1.82, 2.24) is 32.5 Å². The number of hydrogen-bond donors (Lipinski definition) is 7. The monoisotopic (exact) mass is 1410 g/mol. The van der Waals surface area contributed by atoms with Crippen LogP contribution in [0.2, 0.25) is 62.8 Å². The molecule has 3 aliphatic heterocycles. The summed E-state index contributed by atoms with van der Waals surface area (Å²) in [4.78, 5) is 0. The fraction of sp³-hybridized carbons (Fsp3) is 0.128. The summed E-state index contributed by atoms with van der Waals surface area (Å²) in [5, 5.41) is 0. The molecule has 0 spiro atoms. The van der Waals surface area contributed by atoms with Gasteiger partial charge in [0, 0.05) is 50.1 Å². The first-order valence-electron chi connectivity index (χ1n) is 31.0. The van der Waals surface area contributed by atoms with Gasteiger partial charge in [0.2, 0.25) is 58.8 Å². The van der Waals surface area contributed by atoms with Crippen molar-refractivity contribution in [2.24, 2.45) is 0 Å². The average Bonchev–Trinajstić information content (AvgIpc) is 0.792. The van der Waals surface area contributed by atoms with Crippen molar-refractivity contribution in [2.45, 2.75) is 62.8 Å². The minimum absolute atomic E-state index is 0.721. The number of benzene rings is 5. The number of rotatable bonds is 12. The molecule has 8 rings (SSSR count). The van der Waals surface area contributed by atoms with Gasteiger partial charge in [-0.3, -0.25) is 0 Å². The Bertz CT molecular complexity index is 3600. The minimum atomic E-state index is -1.97. The third-order valence-corrected chi connectivity index (χ3v) is 70.4. The SMILES string of the molecule is C#Cc1cc(C#C)cc(C#C)c1.C#Cc1cccc(C#C)c1.C(#Cc1cccc(C#Cc2ccccc2)c1)c1ccccc1.C=C[SiH]1C[Si](C=C)(C=C)C[Si](C=C)(C=C)C1.C=C[Si]1(C)N[Si](C)(C=C)N[Si](C)(C=C)N1.C=C[Si]1(C)N[Si](C)(C=C)N[Si](C)(C=C)N[Si](C)(C=C)N1. The lowest BCUT2D eigenvalue weighted by molar-refractivity contribution is 1.07. The topological polar surface area (TPSA) is 84.2 Å². The Hall–Kier alpha value is -8.21. The Kier molecular flexibility index (Phi) is 32.2. The molecule has 484 valence electrons. The van der Waals surface area contributed by atoms with Gasteiger partial charge in [0.25, 0.3) is 0 Å². The average molecular weight is 1410 g/mol. The molecule has 0 amide bonds. The summed E-state index contributed by atoms with van der Waals surface area (Å²) < 4.78 is 26.5. The molecule has 3 fully saturated rings. The summed E-state index contributed by atoms with van der Waals surface area (Å²) in [6, 6.07) is 40.6. The summed E-state index contributed by atoms with van der Waals surface area (Å²) in [5.74, 6) is 25.2. The molecule has 7 nitrogen and oxygen atoms in total. The molecule has 0 unspecified atom stereocenters. The van der Waals surface area contributed by atoms with E-state index in [0.29, 0.717) is 0 Å². The molecule has 5 aromatic carbocycles. The van der Waals surface area contributed by atoms with Crippen molar-refractivity contribution in [3.8, 4) is 85.4 Å². The van der Waals surface area contributed by atoms with Crippen LogP contribution >= 0.6 is 0 Å². The molecular weight excluding hydrogens is 1320 g/mol. The number of nitrogens with one attached hydrogen (secondary N) is 7. The molecule has 0 saturated carbocycles. The Balaban J connectivity index is 0.000000303. The molecule has 95 heavy (non-hydrogen) atoms. The summed E-state index contributed by atoms with van der Waals surface area (Å²) >= 11 is 0. The first-order valence-corrected chi connectivity index (χ1v) is 56.5. The van der Waals surface area contributed by atoms with Gasteiger partial charge in [0.05, 0.1) is 24.9 Å². The van der Waals surface area contributed by atoms with Gasteiger partial charge < -0.3 is 32.5 Å². The maximum absolute atomic E-state index is 5.21. The predicted molar refractivity (Wildman–Crippen MR) is 443 cm³/mol. The summed E-state index contributed by atoms with van der Waals surface area (Å²) in [6.45, 7) is 63.9. The van der Waals surface area contributed by atoms with Crippen molar-refractivity contribution >= 4 is 83.7 Å². The molecule has 0 atom stereocenters. The van der Waals surface area contributed by atoms with Gasteiger partial charge >= 0.3 is 0 Å². The van der Waals surface area contributed by atoms with Gasteiger partial charge in [-0.25, -0.2) is 0 Å². The highest BCUT2D eigenvalue weighted by Gasteiger charge is 2.50. The zero-order chi connectivity index (χ0) is 71.0. The molecular formula is C78H97N7Si10. The van der Waals surface area contributed by atoms with Gasteiger partial charge in [-0.2, -0.15) is 0 Å². The number of hydrogen-bond acceptors (Lipinski definition) is 7. The van der Waals surface area contributed by atoms with Crippen molar-refractivity contribution in [1.29, 1.82) is 0 Å². The van der Waals surface area contributed by atoms with Gasteiger partial charge in [-0.1, -0.05) is 176 Å². The Morgan fingerprint density at radius 2 is 0.505 bits per heavy atom. The van der Waals surface area contributed by atoms with E-state index in [-0.39, 0.29) is 0 Å². The zero-order valence-electron chi connectivity index (χ0n) is 57.1. The molecule has 0 bridgehead atoms. The van der Waals surface area contributed by atoms with E-state index in [0.717, 1.165) is 50.1 Å². The van der Waals surface area contributed by atoms with E-state index in [9.17, 15) is 0 Å². The Morgan fingerprint density at radius 3 is 0.726 bits per heavy atom. The first-order chi connectivity index (χ1) is 45.0. The van der Waals surface area contributed by atoms with Crippen LogP contribution < -0.4 is 32.5 Å². The van der Waals surface area contributed by atoms with Crippen LogP contribution in [0.1, 0.15) is 50.1 Å². The normalized spacial score (nSPS) is 24.7. The first kappa shape index (κ1) is 81.0. The van der Waals surface area contributed by atoms with Gasteiger partial charge in [-0.05, 0) is 130 Å². The standard InChI is InChI=1S/C22H14.C13H22Si3.C12H28N4Si4.C12H6.C10H6.C9H21N3Si3/c1-3-8-19(9-4-1)14-16-21-12-7-13-22(18-21)17-15-20-10-5-2-6-11-20;1-6-14-11-15(7-2,8-3)13-16(9-4,10-5)12-14;1-9-17(5)13-18(6,10-2)15-20(8,12-4)16-19(7,11-3)14-17;1-4-10-7-11(5-2)9-12(6-3)8-10;1-3-9-6-5-7-10(4-2)8-9;1-7-13(4)10-14(5,8-2)12-15(6,9-3)11-13/h1-13,18H;6-10,14H,1-5,11-13H2;9-16H,1-4H2,5-8H3;1-3,7-9H;1-2,5-8H;7-12H,1-3H2,4-6H3. The van der Waals surface area contributed by atoms with Gasteiger partial charge in [-0.15, -0.1) is 117 Å². The van der Waals surface area contributed by atoms with E-state index < -0.39 is 83.7 Å². The second kappa shape index (κ2) is 37.8. The predicted octanol–water partition coefficient (Wildman–Crippen LogP) is 13.8. The van der Waals surface area contributed by atoms with Crippen LogP contribution in [0.3, 0.4) is 0 Å². The molecule has 5 aromatic rings. The van der Waals surface area contributed by atoms with E-state index in [1.807, 2.05) is 103 Å². The van der Waals surface area contributed by atoms with Crippen LogP contribution in [-0.4, -0.2) is 83.7 Å². The maximum Gasteiger partial charge on any atom is 0.212 e. The summed E-state index contributed by atoms with van der Waals surface area (Å²) in [6.07, 6.45) is 25.9. The molecule has 0 aliphatic carbocycles. The molecule has 0 aromatic heterocycles. The van der Waals surface area contributed by atoms with Crippen LogP contribution in [0.25, 0.3) is 0 Å². The molecule has 3 aliphatic rings. The Morgan fingerprint density at radius 1 is 0.295 bits per heavy atom. The van der Waals surface area contributed by atoms with E-state index in [2.05, 4.69) is 279 Å². The third kappa shape index (κ3) is 25.8. The van der Waals surface area contributed by atoms with Crippen LogP contribution in [0.15, 0.2) is 275 Å². The lowest BCUT2D eigenvalue weighted by atomic mass is 10.1. The third-order valence-electron chi connectivity index (χ3n) is 16.1. The van der Waals surface area contributed by atoms with E-state index in [1.54, 1.807) is 24.3 Å². The minimum Gasteiger partial charge on any atom is -0.330 e. The van der Waals surface area contributed by atoms with Crippen molar-refractivity contribution in [3.05, 3.63) is 325 Å². The lowest BCUT2D eigenvalue weighted by Gasteiger charge is -2.49. The highest BCUT2D eigenvalue weighted by molar-refractivity contribution is 7.16. The number of terminal acetylenes is 5. The van der Waals surface area contributed by atoms with E-state index >= 15 is 0 Å². The molecule has 7 N–H and O–H groups in total. The largest absolute Gasteiger partial charge is 0.330 e. The molecule has 17 heteroatoms. The Labute approximate surface area is 584 Å².